The van der Waals surface area contributed by atoms with Gasteiger partial charge in [0.25, 0.3) is 16.8 Å². The Labute approximate surface area is 134 Å². The number of nitro benzene ring substituents is 1. The molecule has 0 atom stereocenters. The van der Waals surface area contributed by atoms with Crippen molar-refractivity contribution in [1.29, 1.82) is 0 Å². The van der Waals surface area contributed by atoms with Crippen molar-refractivity contribution < 1.29 is 24.4 Å². The number of imide groups is 1. The van der Waals surface area contributed by atoms with Crippen LogP contribution in [0.1, 0.15) is 5.56 Å². The lowest BCUT2D eigenvalue weighted by molar-refractivity contribution is -0.385. The molecule has 2 rings (SSSR count). The smallest absolute Gasteiger partial charge is 0.294 e. The summed E-state index contributed by atoms with van der Waals surface area (Å²) < 4.78 is 4.81. The van der Waals surface area contributed by atoms with Gasteiger partial charge in [-0.15, -0.1) is 6.42 Å². The van der Waals surface area contributed by atoms with E-state index in [4.69, 9.17) is 11.2 Å². The van der Waals surface area contributed by atoms with E-state index in [1.807, 2.05) is 0 Å². The lowest BCUT2D eigenvalue weighted by Gasteiger charge is -2.15. The first-order valence-electron chi connectivity index (χ1n) is 6.11. The van der Waals surface area contributed by atoms with Crippen LogP contribution < -0.4 is 9.84 Å². The van der Waals surface area contributed by atoms with Crippen molar-refractivity contribution in [2.45, 2.75) is 0 Å². The molecule has 118 valence electrons. The van der Waals surface area contributed by atoms with Crippen LogP contribution in [-0.4, -0.2) is 34.6 Å². The van der Waals surface area contributed by atoms with E-state index in [2.05, 4.69) is 5.92 Å². The Morgan fingerprint density at radius 2 is 2.17 bits per heavy atom. The van der Waals surface area contributed by atoms with Crippen LogP contribution in [0.4, 0.5) is 10.5 Å². The number of nitrogens with zero attached hydrogens (tertiary/aromatic N) is 2. The number of carbonyl (C=O) groups is 2. The maximum Gasteiger partial charge on any atom is 0.294 e. The third kappa shape index (κ3) is 3.12. The maximum atomic E-state index is 12.1. The number of thioether (sulfide) groups is 1. The van der Waals surface area contributed by atoms with E-state index >= 15 is 0 Å². The third-order valence-electron chi connectivity index (χ3n) is 2.91. The molecule has 0 bridgehead atoms. The van der Waals surface area contributed by atoms with Gasteiger partial charge < -0.3 is 9.84 Å². The Hall–Kier alpha value is -2.99. The second kappa shape index (κ2) is 6.41. The number of ether oxygens (including phenoxy) is 1. The van der Waals surface area contributed by atoms with Crippen LogP contribution in [0, 0.1) is 22.5 Å². The predicted molar refractivity (Wildman–Crippen MR) is 80.6 cm³/mol. The Balaban J connectivity index is 2.49. The quantitative estimate of drug-likeness (QED) is 0.354. The average molecular weight is 333 g/mol. The molecule has 1 saturated heterocycles. The summed E-state index contributed by atoms with van der Waals surface area (Å²) in [5.41, 5.74) is -0.488. The van der Waals surface area contributed by atoms with Crippen LogP contribution in [0.5, 0.6) is 11.5 Å². The zero-order valence-electron chi connectivity index (χ0n) is 11.8. The van der Waals surface area contributed by atoms with Crippen LogP contribution >= 0.6 is 11.8 Å². The molecule has 0 radical (unpaired) electrons. The van der Waals surface area contributed by atoms with E-state index in [1.54, 1.807) is 0 Å². The molecule has 0 unspecified atom stereocenters. The number of non-ortho nitro benzene ring substituents is 1. The zero-order valence-corrected chi connectivity index (χ0v) is 12.6. The van der Waals surface area contributed by atoms with Crippen molar-refractivity contribution in [3.8, 4) is 23.8 Å². The molecule has 0 aromatic heterocycles. The summed E-state index contributed by atoms with van der Waals surface area (Å²) in [6.45, 7) is -0.190. The second-order valence-electron chi connectivity index (χ2n) is 4.30. The molecule has 0 spiro atoms. The Bertz CT molecular complexity index is 780. The van der Waals surface area contributed by atoms with Gasteiger partial charge in [-0.1, -0.05) is 11.7 Å². The molecule has 1 heterocycles. The summed E-state index contributed by atoms with van der Waals surface area (Å²) in [5.74, 6) is 0.679. The standard InChI is InChI=1S/C14H10N2O6S/c1-3-4-15-13(18)11(23-14(15)19)6-8-5-9(16(20)21)7-10(22-2)12(8)17/h1,5-7,17H,4H2,2H3/p-1/b11-6-. The van der Waals surface area contributed by atoms with Crippen molar-refractivity contribution in [3.63, 3.8) is 0 Å². The molecule has 23 heavy (non-hydrogen) atoms. The van der Waals surface area contributed by atoms with Gasteiger partial charge in [-0.3, -0.25) is 24.6 Å². The summed E-state index contributed by atoms with van der Waals surface area (Å²) >= 11 is 0.606. The third-order valence-corrected chi connectivity index (χ3v) is 3.82. The molecular formula is C14H9N2O6S-. The van der Waals surface area contributed by atoms with Crippen molar-refractivity contribution in [2.24, 2.45) is 0 Å². The van der Waals surface area contributed by atoms with Crippen molar-refractivity contribution >= 4 is 34.7 Å². The highest BCUT2D eigenvalue weighted by molar-refractivity contribution is 8.18. The fraction of sp³-hybridized carbons (Fsp3) is 0.143. The lowest BCUT2D eigenvalue weighted by atomic mass is 10.1. The molecule has 8 nitrogen and oxygen atoms in total. The summed E-state index contributed by atoms with van der Waals surface area (Å²) in [5, 5.41) is 22.4. The number of rotatable bonds is 4. The fourth-order valence-electron chi connectivity index (χ4n) is 1.84. The largest absolute Gasteiger partial charge is 0.870 e. The molecule has 1 aromatic rings. The predicted octanol–water partition coefficient (Wildman–Crippen LogP) is 1.35. The Morgan fingerprint density at radius 3 is 2.74 bits per heavy atom. The minimum absolute atomic E-state index is 0.0371. The van der Waals surface area contributed by atoms with Crippen LogP contribution in [0.15, 0.2) is 17.0 Å². The molecule has 0 saturated carbocycles. The Morgan fingerprint density at radius 1 is 1.48 bits per heavy atom. The molecule has 1 aliphatic rings. The number of hydrogen-bond acceptors (Lipinski definition) is 7. The first-order valence-corrected chi connectivity index (χ1v) is 6.93. The number of hydrogen-bond donors (Lipinski definition) is 0. The van der Waals surface area contributed by atoms with E-state index in [0.29, 0.717) is 11.8 Å². The summed E-state index contributed by atoms with van der Waals surface area (Å²) in [6, 6.07) is 2.00. The second-order valence-corrected chi connectivity index (χ2v) is 5.29. The number of amides is 2. The number of nitro groups is 1. The molecule has 0 N–H and O–H groups in total. The number of terminal acetylenes is 1. The van der Waals surface area contributed by atoms with E-state index < -0.39 is 21.8 Å². The van der Waals surface area contributed by atoms with Gasteiger partial charge in [-0.05, 0) is 23.4 Å². The highest BCUT2D eigenvalue weighted by Crippen LogP contribution is 2.37. The molecule has 1 aromatic carbocycles. The summed E-state index contributed by atoms with van der Waals surface area (Å²) in [7, 11) is 1.20. The van der Waals surface area contributed by atoms with Gasteiger partial charge in [-0.25, -0.2) is 0 Å². The van der Waals surface area contributed by atoms with Gasteiger partial charge in [-0.2, -0.15) is 0 Å². The molecule has 1 fully saturated rings. The molecule has 1 aliphatic heterocycles. The highest BCUT2D eigenvalue weighted by atomic mass is 32.2. The minimum atomic E-state index is -0.691. The molecule has 9 heteroatoms. The number of carbonyl (C=O) groups excluding carboxylic acids is 2. The van der Waals surface area contributed by atoms with Gasteiger partial charge in [0.1, 0.15) is 5.75 Å². The van der Waals surface area contributed by atoms with E-state index in [0.717, 1.165) is 23.1 Å². The van der Waals surface area contributed by atoms with Crippen LogP contribution in [0.2, 0.25) is 0 Å². The first-order chi connectivity index (χ1) is 10.9. The van der Waals surface area contributed by atoms with Gasteiger partial charge in [0.05, 0.1) is 29.5 Å². The monoisotopic (exact) mass is 333 g/mol. The lowest BCUT2D eigenvalue weighted by Crippen LogP contribution is -2.28. The van der Waals surface area contributed by atoms with E-state index in [1.165, 1.54) is 7.11 Å². The van der Waals surface area contributed by atoms with Gasteiger partial charge in [0, 0.05) is 6.07 Å². The van der Waals surface area contributed by atoms with Crippen LogP contribution in [0.3, 0.4) is 0 Å². The van der Waals surface area contributed by atoms with Gasteiger partial charge >= 0.3 is 0 Å². The molecular weight excluding hydrogens is 324 g/mol. The van der Waals surface area contributed by atoms with Crippen molar-refractivity contribution in [1.82, 2.24) is 4.90 Å². The molecule has 0 aliphatic carbocycles. The summed E-state index contributed by atoms with van der Waals surface area (Å²) in [6.07, 6.45) is 6.20. The molecule has 2 amide bonds. The first kappa shape index (κ1) is 16.4. The average Bonchev–Trinajstić information content (AvgIpc) is 2.77. The fourth-order valence-corrected chi connectivity index (χ4v) is 2.67. The van der Waals surface area contributed by atoms with Gasteiger partial charge in [0.15, 0.2) is 0 Å². The van der Waals surface area contributed by atoms with Crippen LogP contribution in [0.25, 0.3) is 6.08 Å². The maximum absolute atomic E-state index is 12.1. The van der Waals surface area contributed by atoms with E-state index in [9.17, 15) is 24.8 Å². The Kier molecular flexibility index (Phi) is 4.57. The number of benzene rings is 1. The summed E-state index contributed by atoms with van der Waals surface area (Å²) in [4.78, 5) is 34.7. The minimum Gasteiger partial charge on any atom is -0.870 e. The van der Waals surface area contributed by atoms with Crippen molar-refractivity contribution in [3.05, 3.63) is 32.7 Å². The van der Waals surface area contributed by atoms with E-state index in [-0.39, 0.29) is 28.5 Å². The van der Waals surface area contributed by atoms with Crippen molar-refractivity contribution in [2.75, 3.05) is 13.7 Å². The normalized spacial score (nSPS) is 15.8. The topological polar surface area (TPSA) is 113 Å². The SMILES string of the molecule is C#CCN1C(=O)S/C(=C\c2cc([N+](=O)[O-])cc(OC)c2[O-])C1=O. The highest BCUT2D eigenvalue weighted by Gasteiger charge is 2.34. The van der Waals surface area contributed by atoms with Gasteiger partial charge in [0.2, 0.25) is 0 Å². The van der Waals surface area contributed by atoms with Crippen LogP contribution in [-0.2, 0) is 4.79 Å². The number of methoxy groups -OCH3 is 1. The zero-order chi connectivity index (χ0) is 17.1.